The molecule has 8 nitrogen and oxygen atoms in total. The number of carbonyl (C=O) groups is 1. The van der Waals surface area contributed by atoms with E-state index in [1.807, 2.05) is 4.90 Å². The number of hydrogen-bond donors (Lipinski definition) is 3. The van der Waals surface area contributed by atoms with E-state index in [0.717, 1.165) is 82.4 Å². The molecular weight excluding hydrogens is 474 g/mol. The van der Waals surface area contributed by atoms with E-state index in [-0.39, 0.29) is 5.91 Å². The Hall–Kier alpha value is -2.97. The lowest BCUT2D eigenvalue weighted by Crippen LogP contribution is -2.36. The van der Waals surface area contributed by atoms with Crippen molar-refractivity contribution in [3.8, 4) is 0 Å². The van der Waals surface area contributed by atoms with Gasteiger partial charge in [-0.25, -0.2) is 9.97 Å². The minimum Gasteiger partial charge on any atom is -0.383 e. The van der Waals surface area contributed by atoms with Crippen molar-refractivity contribution in [1.82, 2.24) is 30.1 Å². The van der Waals surface area contributed by atoms with E-state index in [1.54, 1.807) is 13.3 Å². The lowest BCUT2D eigenvalue weighted by molar-refractivity contribution is -0.129. The molecule has 2 aliphatic rings. The maximum absolute atomic E-state index is 11.8. The molecule has 1 saturated carbocycles. The Bertz CT molecular complexity index is 1190. The molecule has 1 saturated heterocycles. The fraction of sp³-hybridized carbons (Fsp3) is 0.567. The highest BCUT2D eigenvalue weighted by Crippen LogP contribution is 2.41. The summed E-state index contributed by atoms with van der Waals surface area (Å²) in [6, 6.07) is 11.1. The van der Waals surface area contributed by atoms with Crippen LogP contribution in [0, 0.1) is 5.92 Å². The van der Waals surface area contributed by atoms with Crippen molar-refractivity contribution in [3.63, 3.8) is 0 Å². The summed E-state index contributed by atoms with van der Waals surface area (Å²) in [4.78, 5) is 22.8. The number of aromatic nitrogens is 3. The summed E-state index contributed by atoms with van der Waals surface area (Å²) >= 11 is 0. The Morgan fingerprint density at radius 2 is 1.82 bits per heavy atom. The Labute approximate surface area is 226 Å². The standard InChI is InChI=1S/C30H43N7O/c1-22(38)36-16-11-25(12-17-36)27-20-37(30-28(27)29(31)34-21-35-30)26-9-8-24(18-26)19-33-14-5-13-32-15-10-23-6-3-2-4-7-23/h2-4,6-7,20-21,24-26,32-33H,5,8-19H2,1H3,(H2,31,34,35). The predicted octanol–water partition coefficient (Wildman–Crippen LogP) is 3.89. The molecule has 1 aliphatic carbocycles. The normalized spacial score (nSPS) is 20.4. The topological polar surface area (TPSA) is 101 Å². The Morgan fingerprint density at radius 3 is 2.61 bits per heavy atom. The van der Waals surface area contributed by atoms with Gasteiger partial charge in [0.25, 0.3) is 0 Å². The maximum Gasteiger partial charge on any atom is 0.219 e. The molecule has 2 unspecified atom stereocenters. The zero-order valence-corrected chi connectivity index (χ0v) is 22.7. The van der Waals surface area contributed by atoms with Gasteiger partial charge in [0.2, 0.25) is 5.91 Å². The Morgan fingerprint density at radius 1 is 1.03 bits per heavy atom. The Balaban J connectivity index is 1.10. The number of piperidine rings is 1. The summed E-state index contributed by atoms with van der Waals surface area (Å²) in [6.07, 6.45) is 11.6. The molecule has 2 atom stereocenters. The second-order valence-electron chi connectivity index (χ2n) is 11.1. The number of nitrogens with one attached hydrogen (secondary N) is 2. The third-order valence-electron chi connectivity index (χ3n) is 8.53. The fourth-order valence-electron chi connectivity index (χ4n) is 6.36. The monoisotopic (exact) mass is 517 g/mol. The van der Waals surface area contributed by atoms with Gasteiger partial charge in [0.05, 0.1) is 5.39 Å². The van der Waals surface area contributed by atoms with Crippen molar-refractivity contribution in [2.45, 2.75) is 63.8 Å². The van der Waals surface area contributed by atoms with Crippen LogP contribution in [0.25, 0.3) is 11.0 Å². The van der Waals surface area contributed by atoms with Gasteiger partial charge in [-0.15, -0.1) is 0 Å². The summed E-state index contributed by atoms with van der Waals surface area (Å²) in [6.45, 7) is 7.49. The van der Waals surface area contributed by atoms with Crippen molar-refractivity contribution in [2.24, 2.45) is 5.92 Å². The zero-order chi connectivity index (χ0) is 26.3. The van der Waals surface area contributed by atoms with Crippen molar-refractivity contribution < 1.29 is 4.79 Å². The Kier molecular flexibility index (Phi) is 8.91. The molecule has 4 N–H and O–H groups in total. The molecule has 0 bridgehead atoms. The first-order valence-electron chi connectivity index (χ1n) is 14.4. The first-order chi connectivity index (χ1) is 18.6. The second-order valence-corrected chi connectivity index (χ2v) is 11.1. The van der Waals surface area contributed by atoms with Gasteiger partial charge >= 0.3 is 0 Å². The summed E-state index contributed by atoms with van der Waals surface area (Å²) in [7, 11) is 0. The summed E-state index contributed by atoms with van der Waals surface area (Å²) < 4.78 is 2.39. The van der Waals surface area contributed by atoms with Crippen LogP contribution in [0.15, 0.2) is 42.9 Å². The summed E-state index contributed by atoms with van der Waals surface area (Å²) in [5, 5.41) is 8.29. The number of hydrogen-bond acceptors (Lipinski definition) is 6. The van der Waals surface area contributed by atoms with E-state index >= 15 is 0 Å². The van der Waals surface area contributed by atoms with Gasteiger partial charge in [0.15, 0.2) is 0 Å². The van der Waals surface area contributed by atoms with E-state index in [1.165, 1.54) is 24.0 Å². The molecule has 0 spiro atoms. The average molecular weight is 518 g/mol. The second kappa shape index (κ2) is 12.7. The molecule has 2 aromatic heterocycles. The zero-order valence-electron chi connectivity index (χ0n) is 22.7. The van der Waals surface area contributed by atoms with Gasteiger partial charge in [-0.1, -0.05) is 30.3 Å². The summed E-state index contributed by atoms with van der Waals surface area (Å²) in [5.41, 5.74) is 10.0. The molecule has 3 aromatic rings. The minimum absolute atomic E-state index is 0.165. The van der Waals surface area contributed by atoms with Crippen LogP contribution in [0.3, 0.4) is 0 Å². The highest BCUT2D eigenvalue weighted by Gasteiger charge is 2.31. The number of carbonyl (C=O) groups excluding carboxylic acids is 1. The molecular formula is C30H43N7O. The lowest BCUT2D eigenvalue weighted by atomic mass is 9.89. The first kappa shape index (κ1) is 26.6. The van der Waals surface area contributed by atoms with Gasteiger partial charge < -0.3 is 25.8 Å². The number of nitrogens with two attached hydrogens (primary N) is 1. The van der Waals surface area contributed by atoms with Gasteiger partial charge in [-0.3, -0.25) is 4.79 Å². The van der Waals surface area contributed by atoms with E-state index in [2.05, 4.69) is 61.7 Å². The molecule has 8 heteroatoms. The lowest BCUT2D eigenvalue weighted by Gasteiger charge is -2.31. The van der Waals surface area contributed by atoms with E-state index in [9.17, 15) is 4.79 Å². The van der Waals surface area contributed by atoms with Crippen LogP contribution in [-0.2, 0) is 11.2 Å². The van der Waals surface area contributed by atoms with Gasteiger partial charge in [-0.2, -0.15) is 0 Å². The van der Waals surface area contributed by atoms with Crippen LogP contribution in [-0.4, -0.2) is 64.6 Å². The fourth-order valence-corrected chi connectivity index (χ4v) is 6.36. The molecule has 1 aliphatic heterocycles. The van der Waals surface area contributed by atoms with E-state index in [4.69, 9.17) is 5.73 Å². The highest BCUT2D eigenvalue weighted by molar-refractivity contribution is 5.90. The molecule has 1 aromatic carbocycles. The molecule has 204 valence electrons. The number of rotatable bonds is 11. The van der Waals surface area contributed by atoms with Crippen LogP contribution in [0.4, 0.5) is 5.82 Å². The van der Waals surface area contributed by atoms with Crippen molar-refractivity contribution in [1.29, 1.82) is 0 Å². The number of nitrogen functional groups attached to an aromatic ring is 1. The summed E-state index contributed by atoms with van der Waals surface area (Å²) in [5.74, 6) is 1.82. The van der Waals surface area contributed by atoms with Crippen molar-refractivity contribution in [3.05, 3.63) is 54.0 Å². The van der Waals surface area contributed by atoms with Crippen LogP contribution in [0.5, 0.6) is 0 Å². The van der Waals surface area contributed by atoms with Gasteiger partial charge in [-0.05, 0) is 94.1 Å². The van der Waals surface area contributed by atoms with Crippen molar-refractivity contribution >= 4 is 22.8 Å². The number of anilines is 1. The SMILES string of the molecule is CC(=O)N1CCC(c2cn(C3CCC(CNCCCNCCc4ccccc4)C3)c3ncnc(N)c23)CC1. The van der Waals surface area contributed by atoms with Crippen LogP contribution in [0.2, 0.25) is 0 Å². The quantitative estimate of drug-likeness (QED) is 0.334. The molecule has 5 rings (SSSR count). The first-order valence-corrected chi connectivity index (χ1v) is 14.4. The average Bonchev–Trinajstić information content (AvgIpc) is 3.56. The third kappa shape index (κ3) is 6.35. The molecule has 38 heavy (non-hydrogen) atoms. The molecule has 1 amide bonds. The van der Waals surface area contributed by atoms with Gasteiger partial charge in [0, 0.05) is 32.3 Å². The third-order valence-corrected chi connectivity index (χ3v) is 8.53. The van der Waals surface area contributed by atoms with E-state index < -0.39 is 0 Å². The highest BCUT2D eigenvalue weighted by atomic mass is 16.2. The van der Waals surface area contributed by atoms with Crippen LogP contribution >= 0.6 is 0 Å². The largest absolute Gasteiger partial charge is 0.383 e. The number of fused-ring (bicyclic) bond motifs is 1. The van der Waals surface area contributed by atoms with Gasteiger partial charge in [0.1, 0.15) is 17.8 Å². The van der Waals surface area contributed by atoms with E-state index in [0.29, 0.717) is 23.7 Å². The molecule has 0 radical (unpaired) electrons. The number of amides is 1. The van der Waals surface area contributed by atoms with Crippen molar-refractivity contribution in [2.75, 3.05) is 45.0 Å². The predicted molar refractivity (Wildman–Crippen MR) is 153 cm³/mol. The smallest absolute Gasteiger partial charge is 0.219 e. The molecule has 3 heterocycles. The number of nitrogens with zero attached hydrogens (tertiary/aromatic N) is 4. The molecule has 2 fully saturated rings. The minimum atomic E-state index is 0.165. The maximum atomic E-state index is 11.8. The number of likely N-dealkylation sites (tertiary alicyclic amines) is 1. The van der Waals surface area contributed by atoms with Crippen LogP contribution in [0.1, 0.15) is 68.5 Å². The van der Waals surface area contributed by atoms with Crippen LogP contribution < -0.4 is 16.4 Å². The number of benzene rings is 1.